The van der Waals surface area contributed by atoms with Crippen molar-refractivity contribution in [2.24, 2.45) is 0 Å². The van der Waals surface area contributed by atoms with Gasteiger partial charge in [0.2, 0.25) is 5.91 Å². The van der Waals surface area contributed by atoms with Gasteiger partial charge in [-0.1, -0.05) is 17.7 Å². The third-order valence-electron chi connectivity index (χ3n) is 4.50. The molecule has 3 rings (SSSR count). The van der Waals surface area contributed by atoms with Gasteiger partial charge in [0, 0.05) is 30.1 Å². The molecule has 5 nitrogen and oxygen atoms in total. The summed E-state index contributed by atoms with van der Waals surface area (Å²) in [6, 6.07) is 4.40. The average molecular weight is 341 g/mol. The zero-order valence-corrected chi connectivity index (χ0v) is 13.4. The summed E-state index contributed by atoms with van der Waals surface area (Å²) in [6.07, 6.45) is 1.59. The van der Waals surface area contributed by atoms with E-state index in [4.69, 9.17) is 16.3 Å². The molecule has 2 fully saturated rings. The highest BCUT2D eigenvalue weighted by Crippen LogP contribution is 2.29. The molecule has 0 radical (unpaired) electrons. The monoisotopic (exact) mass is 340 g/mol. The third kappa shape index (κ3) is 3.42. The van der Waals surface area contributed by atoms with Gasteiger partial charge in [-0.05, 0) is 25.0 Å². The Hall–Kier alpha value is -1.82. The van der Waals surface area contributed by atoms with Crippen molar-refractivity contribution in [3.8, 4) is 0 Å². The molecule has 0 aliphatic carbocycles. The van der Waals surface area contributed by atoms with E-state index in [1.165, 1.54) is 12.1 Å². The number of hydrogen-bond donors (Lipinski definition) is 1. The number of amides is 2. The first-order valence-corrected chi connectivity index (χ1v) is 8.04. The second-order valence-electron chi connectivity index (χ2n) is 6.04. The number of nitrogens with zero attached hydrogens (tertiary/aromatic N) is 1. The van der Waals surface area contributed by atoms with Crippen LogP contribution >= 0.6 is 11.6 Å². The molecule has 1 N–H and O–H groups in total. The van der Waals surface area contributed by atoms with Gasteiger partial charge in [-0.25, -0.2) is 9.18 Å². The lowest BCUT2D eigenvalue weighted by atomic mass is 9.95. The van der Waals surface area contributed by atoms with E-state index in [9.17, 15) is 14.0 Å². The van der Waals surface area contributed by atoms with Gasteiger partial charge in [-0.2, -0.15) is 0 Å². The maximum absolute atomic E-state index is 13.8. The first-order valence-electron chi connectivity index (χ1n) is 7.67. The fourth-order valence-electron chi connectivity index (χ4n) is 3.16. The van der Waals surface area contributed by atoms with Crippen LogP contribution in [0.4, 0.5) is 9.18 Å². The standard InChI is InChI=1S/C16H18ClFN2O3/c17-12-3-1-4-13(18)11(12)9-14(21)20-7-2-5-16(6-8-20)10-19-15(22)23-16/h1,3-4H,2,5-10H2,(H,19,22)/t16-/m1/s1. The van der Waals surface area contributed by atoms with Crippen molar-refractivity contribution in [2.75, 3.05) is 19.6 Å². The topological polar surface area (TPSA) is 58.6 Å². The van der Waals surface area contributed by atoms with Gasteiger partial charge in [0.05, 0.1) is 13.0 Å². The Morgan fingerprint density at radius 1 is 1.39 bits per heavy atom. The number of carbonyl (C=O) groups is 2. The van der Waals surface area contributed by atoms with Crippen LogP contribution in [0.3, 0.4) is 0 Å². The lowest BCUT2D eigenvalue weighted by Gasteiger charge is -2.25. The zero-order valence-electron chi connectivity index (χ0n) is 12.6. The number of halogens is 2. The number of hydrogen-bond acceptors (Lipinski definition) is 3. The summed E-state index contributed by atoms with van der Waals surface area (Å²) in [5, 5.41) is 2.94. The summed E-state index contributed by atoms with van der Waals surface area (Å²) in [5.74, 6) is -0.627. The van der Waals surface area contributed by atoms with E-state index in [1.807, 2.05) is 0 Å². The lowest BCUT2D eigenvalue weighted by molar-refractivity contribution is -0.130. The smallest absolute Gasteiger partial charge is 0.407 e. The molecule has 1 spiro atoms. The van der Waals surface area contributed by atoms with Crippen LogP contribution in [-0.2, 0) is 16.0 Å². The first-order chi connectivity index (χ1) is 11.0. The molecule has 2 amide bonds. The number of ether oxygens (including phenoxy) is 1. The van der Waals surface area contributed by atoms with E-state index in [1.54, 1.807) is 11.0 Å². The summed E-state index contributed by atoms with van der Waals surface area (Å²) in [6.45, 7) is 1.54. The molecule has 1 atom stereocenters. The van der Waals surface area contributed by atoms with Crippen LogP contribution in [0, 0.1) is 5.82 Å². The molecule has 1 aromatic carbocycles. The van der Waals surface area contributed by atoms with E-state index in [2.05, 4.69) is 5.32 Å². The van der Waals surface area contributed by atoms with E-state index in [0.717, 1.165) is 12.8 Å². The van der Waals surface area contributed by atoms with Gasteiger partial charge in [0.15, 0.2) is 0 Å². The molecule has 2 saturated heterocycles. The minimum absolute atomic E-state index is 0.0590. The number of benzene rings is 1. The second kappa shape index (κ2) is 6.35. The van der Waals surface area contributed by atoms with Crippen LogP contribution in [0.15, 0.2) is 18.2 Å². The molecule has 2 heterocycles. The van der Waals surface area contributed by atoms with E-state index in [0.29, 0.717) is 26.1 Å². The van der Waals surface area contributed by atoms with E-state index >= 15 is 0 Å². The summed E-state index contributed by atoms with van der Waals surface area (Å²) in [7, 11) is 0. The van der Waals surface area contributed by atoms with Crippen LogP contribution < -0.4 is 5.32 Å². The van der Waals surface area contributed by atoms with Gasteiger partial charge in [-0.15, -0.1) is 0 Å². The normalized spacial score (nSPS) is 24.3. The molecular weight excluding hydrogens is 323 g/mol. The SMILES string of the molecule is O=C1NC[C@]2(CCCN(C(=O)Cc3c(F)cccc3Cl)CC2)O1. The summed E-state index contributed by atoms with van der Waals surface area (Å²) >= 11 is 5.98. The number of nitrogens with one attached hydrogen (secondary N) is 1. The van der Waals surface area contributed by atoms with E-state index in [-0.39, 0.29) is 22.9 Å². The summed E-state index contributed by atoms with van der Waals surface area (Å²) < 4.78 is 19.2. The Kier molecular flexibility index (Phi) is 4.43. The van der Waals surface area contributed by atoms with Crippen molar-refractivity contribution in [1.82, 2.24) is 10.2 Å². The molecule has 0 bridgehead atoms. The highest BCUT2D eigenvalue weighted by molar-refractivity contribution is 6.31. The maximum atomic E-state index is 13.8. The van der Waals surface area contributed by atoms with Crippen LogP contribution in [0.25, 0.3) is 0 Å². The van der Waals surface area contributed by atoms with Crippen molar-refractivity contribution < 1.29 is 18.7 Å². The molecule has 124 valence electrons. The van der Waals surface area contributed by atoms with Crippen LogP contribution in [0.5, 0.6) is 0 Å². The molecule has 2 aliphatic rings. The predicted molar refractivity (Wildman–Crippen MR) is 82.8 cm³/mol. The first kappa shape index (κ1) is 16.1. The zero-order chi connectivity index (χ0) is 16.4. The van der Waals surface area contributed by atoms with Crippen molar-refractivity contribution in [3.63, 3.8) is 0 Å². The van der Waals surface area contributed by atoms with E-state index < -0.39 is 17.5 Å². The summed E-state index contributed by atoms with van der Waals surface area (Å²) in [5.41, 5.74) is -0.283. The average Bonchev–Trinajstić information content (AvgIpc) is 2.75. The third-order valence-corrected chi connectivity index (χ3v) is 4.86. The lowest BCUT2D eigenvalue weighted by Crippen LogP contribution is -2.37. The number of alkyl carbamates (subject to hydrolysis) is 1. The Balaban J connectivity index is 1.66. The van der Waals surface area contributed by atoms with Crippen molar-refractivity contribution in [2.45, 2.75) is 31.3 Å². The van der Waals surface area contributed by atoms with Gasteiger partial charge >= 0.3 is 6.09 Å². The van der Waals surface area contributed by atoms with Crippen molar-refractivity contribution in [1.29, 1.82) is 0 Å². The number of carbonyl (C=O) groups excluding carboxylic acids is 2. The quantitative estimate of drug-likeness (QED) is 0.900. The number of rotatable bonds is 2. The van der Waals surface area contributed by atoms with Crippen LogP contribution in [0.2, 0.25) is 5.02 Å². The van der Waals surface area contributed by atoms with Crippen molar-refractivity contribution >= 4 is 23.6 Å². The fraction of sp³-hybridized carbons (Fsp3) is 0.500. The van der Waals surface area contributed by atoms with Gasteiger partial charge in [0.1, 0.15) is 11.4 Å². The van der Waals surface area contributed by atoms with Crippen LogP contribution in [-0.4, -0.2) is 42.1 Å². The molecular formula is C16H18ClFN2O3. The van der Waals surface area contributed by atoms with Crippen molar-refractivity contribution in [3.05, 3.63) is 34.6 Å². The Morgan fingerprint density at radius 2 is 2.22 bits per heavy atom. The highest BCUT2D eigenvalue weighted by Gasteiger charge is 2.41. The molecule has 7 heteroatoms. The largest absolute Gasteiger partial charge is 0.441 e. The fourth-order valence-corrected chi connectivity index (χ4v) is 3.39. The second-order valence-corrected chi connectivity index (χ2v) is 6.44. The maximum Gasteiger partial charge on any atom is 0.407 e. The van der Waals surface area contributed by atoms with Gasteiger partial charge < -0.3 is 15.0 Å². The van der Waals surface area contributed by atoms with Gasteiger partial charge in [0.25, 0.3) is 0 Å². The molecule has 0 aromatic heterocycles. The van der Waals surface area contributed by atoms with Gasteiger partial charge in [-0.3, -0.25) is 4.79 Å². The minimum Gasteiger partial charge on any atom is -0.441 e. The molecule has 23 heavy (non-hydrogen) atoms. The molecule has 2 aliphatic heterocycles. The Morgan fingerprint density at radius 3 is 2.91 bits per heavy atom. The predicted octanol–water partition coefficient (Wildman–Crippen LogP) is 2.51. The van der Waals surface area contributed by atoms with Crippen LogP contribution in [0.1, 0.15) is 24.8 Å². The minimum atomic E-state index is -0.512. The molecule has 0 saturated carbocycles. The summed E-state index contributed by atoms with van der Waals surface area (Å²) in [4.78, 5) is 25.5. The molecule has 1 aromatic rings. The highest BCUT2D eigenvalue weighted by atomic mass is 35.5. The Labute approximate surface area is 138 Å². The molecule has 0 unspecified atom stereocenters. The Bertz CT molecular complexity index is 620. The number of likely N-dealkylation sites (tertiary alicyclic amines) is 1.